The normalized spacial score (nSPS) is 12.0. The largest absolute Gasteiger partial charge is 0.431 e. The zero-order valence-corrected chi connectivity index (χ0v) is 16.7. The minimum absolute atomic E-state index is 0.103. The Morgan fingerprint density at radius 2 is 1.56 bits per heavy atom. The number of carbonyl (C=O) groups excluding carboxylic acids is 1. The van der Waals surface area contributed by atoms with Crippen LogP contribution in [0.15, 0.2) is 70.3 Å². The molecule has 1 atom stereocenters. The summed E-state index contributed by atoms with van der Waals surface area (Å²) in [5.74, 6) is 0.831. The summed E-state index contributed by atoms with van der Waals surface area (Å²) in [5.41, 5.74) is 2.76. The van der Waals surface area contributed by atoms with Crippen LogP contribution in [0.5, 0.6) is 0 Å². The highest BCUT2D eigenvalue weighted by Gasteiger charge is 2.24. The molecule has 0 N–H and O–H groups in total. The summed E-state index contributed by atoms with van der Waals surface area (Å²) in [6, 6.07) is 19.9. The first kappa shape index (κ1) is 19.2. The van der Waals surface area contributed by atoms with Crippen LogP contribution in [0, 0.1) is 0 Å². The van der Waals surface area contributed by atoms with Crippen molar-refractivity contribution in [2.75, 3.05) is 13.1 Å². The van der Waals surface area contributed by atoms with E-state index in [4.69, 9.17) is 9.40 Å². The Balaban J connectivity index is 1.94. The van der Waals surface area contributed by atoms with Crippen LogP contribution in [0.2, 0.25) is 0 Å². The molecule has 3 rings (SSSR count). The van der Waals surface area contributed by atoms with Gasteiger partial charge in [0.1, 0.15) is 5.69 Å². The number of carbonyl (C=O) groups is 1. The molecule has 4 nitrogen and oxygen atoms in total. The monoisotopic (exact) mass is 380 g/mol. The molecule has 1 heterocycles. The second-order valence-electron chi connectivity index (χ2n) is 6.16. The van der Waals surface area contributed by atoms with E-state index >= 15 is 0 Å². The Bertz CT molecular complexity index is 817. The molecule has 0 saturated carbocycles. The highest BCUT2D eigenvalue weighted by atomic mass is 32.2. The Morgan fingerprint density at radius 3 is 2.11 bits per heavy atom. The van der Waals surface area contributed by atoms with Crippen LogP contribution < -0.4 is 0 Å². The molecule has 0 radical (unpaired) electrons. The van der Waals surface area contributed by atoms with Crippen LogP contribution in [0.1, 0.15) is 20.8 Å². The highest BCUT2D eigenvalue weighted by molar-refractivity contribution is 8.00. The molecule has 3 aromatic rings. The van der Waals surface area contributed by atoms with Crippen molar-refractivity contribution in [2.45, 2.75) is 31.2 Å². The molecule has 1 unspecified atom stereocenters. The maximum atomic E-state index is 12.6. The van der Waals surface area contributed by atoms with Crippen molar-refractivity contribution < 1.29 is 9.21 Å². The van der Waals surface area contributed by atoms with E-state index in [2.05, 4.69) is 0 Å². The van der Waals surface area contributed by atoms with Gasteiger partial charge in [0.25, 0.3) is 5.22 Å². The first-order valence-electron chi connectivity index (χ1n) is 9.21. The second kappa shape index (κ2) is 8.91. The summed E-state index contributed by atoms with van der Waals surface area (Å²) in [4.78, 5) is 19.1. The number of aromatic nitrogens is 1. The number of oxazole rings is 1. The summed E-state index contributed by atoms with van der Waals surface area (Å²) in [7, 11) is 0. The smallest absolute Gasteiger partial charge is 0.257 e. The van der Waals surface area contributed by atoms with Gasteiger partial charge in [-0.3, -0.25) is 4.79 Å². The third-order valence-corrected chi connectivity index (χ3v) is 5.32. The number of thioether (sulfide) groups is 1. The van der Waals surface area contributed by atoms with Crippen LogP contribution in [0.4, 0.5) is 0 Å². The molecule has 0 fully saturated rings. The van der Waals surface area contributed by atoms with Crippen LogP contribution in [0.25, 0.3) is 22.6 Å². The van der Waals surface area contributed by atoms with Gasteiger partial charge in [0.05, 0.1) is 5.25 Å². The Morgan fingerprint density at radius 1 is 1.00 bits per heavy atom. The molecule has 27 heavy (non-hydrogen) atoms. The molecule has 1 aromatic heterocycles. The van der Waals surface area contributed by atoms with Crippen molar-refractivity contribution in [3.05, 3.63) is 60.7 Å². The van der Waals surface area contributed by atoms with Crippen LogP contribution in [-0.2, 0) is 4.79 Å². The summed E-state index contributed by atoms with van der Waals surface area (Å²) in [5, 5.41) is 0.261. The van der Waals surface area contributed by atoms with Gasteiger partial charge in [-0.25, -0.2) is 4.98 Å². The van der Waals surface area contributed by atoms with Crippen molar-refractivity contribution in [1.82, 2.24) is 9.88 Å². The molecular weight excluding hydrogens is 356 g/mol. The number of benzene rings is 2. The molecule has 2 aromatic carbocycles. The Hall–Kier alpha value is -2.53. The van der Waals surface area contributed by atoms with Crippen molar-refractivity contribution in [1.29, 1.82) is 0 Å². The van der Waals surface area contributed by atoms with Gasteiger partial charge in [0, 0.05) is 24.2 Å². The van der Waals surface area contributed by atoms with E-state index in [1.807, 2.05) is 86.3 Å². The molecule has 0 aliphatic rings. The molecular formula is C22H24N2O2S. The molecule has 0 bridgehead atoms. The molecule has 5 heteroatoms. The predicted octanol–water partition coefficient (Wildman–Crippen LogP) is 5.36. The van der Waals surface area contributed by atoms with Gasteiger partial charge in [0.2, 0.25) is 5.91 Å². The third-order valence-electron chi connectivity index (χ3n) is 4.39. The zero-order chi connectivity index (χ0) is 19.2. The molecule has 140 valence electrons. The van der Waals surface area contributed by atoms with Crippen molar-refractivity contribution >= 4 is 17.7 Å². The summed E-state index contributed by atoms with van der Waals surface area (Å²) >= 11 is 1.37. The summed E-state index contributed by atoms with van der Waals surface area (Å²) < 4.78 is 6.10. The lowest BCUT2D eigenvalue weighted by Gasteiger charge is -2.21. The average Bonchev–Trinajstić information content (AvgIpc) is 3.14. The topological polar surface area (TPSA) is 46.3 Å². The van der Waals surface area contributed by atoms with Gasteiger partial charge in [-0.1, -0.05) is 72.4 Å². The van der Waals surface area contributed by atoms with Crippen LogP contribution >= 0.6 is 11.8 Å². The van der Waals surface area contributed by atoms with Gasteiger partial charge in [-0.15, -0.1) is 0 Å². The minimum atomic E-state index is -0.254. The molecule has 1 amide bonds. The van der Waals surface area contributed by atoms with E-state index in [0.717, 1.165) is 22.6 Å². The molecule has 0 spiro atoms. The van der Waals surface area contributed by atoms with E-state index in [1.54, 1.807) is 0 Å². The zero-order valence-electron chi connectivity index (χ0n) is 15.9. The number of amides is 1. The lowest BCUT2D eigenvalue weighted by molar-refractivity contribution is -0.129. The first-order chi connectivity index (χ1) is 13.1. The fraction of sp³-hybridized carbons (Fsp3) is 0.273. The van der Waals surface area contributed by atoms with Crippen LogP contribution in [0.3, 0.4) is 0 Å². The second-order valence-corrected chi connectivity index (χ2v) is 7.45. The number of hydrogen-bond donors (Lipinski definition) is 0. The van der Waals surface area contributed by atoms with Gasteiger partial charge in [-0.05, 0) is 20.8 Å². The number of hydrogen-bond acceptors (Lipinski definition) is 4. The van der Waals surface area contributed by atoms with Crippen LogP contribution in [-0.4, -0.2) is 34.1 Å². The number of rotatable bonds is 7. The summed E-state index contributed by atoms with van der Waals surface area (Å²) in [6.45, 7) is 7.29. The fourth-order valence-corrected chi connectivity index (χ4v) is 3.75. The van der Waals surface area contributed by atoms with Gasteiger partial charge >= 0.3 is 0 Å². The first-order valence-corrected chi connectivity index (χ1v) is 10.1. The molecule has 0 aliphatic carbocycles. The lowest BCUT2D eigenvalue weighted by Crippen LogP contribution is -2.36. The molecule has 0 saturated heterocycles. The standard InChI is InChI=1S/C22H24N2O2S/c1-4-24(5-2)21(25)16(3)27-22-23-19(17-12-8-6-9-13-17)20(26-22)18-14-10-7-11-15-18/h6-16H,4-5H2,1-3H3. The van der Waals surface area contributed by atoms with E-state index in [-0.39, 0.29) is 11.2 Å². The lowest BCUT2D eigenvalue weighted by atomic mass is 10.1. The van der Waals surface area contributed by atoms with Crippen molar-refractivity contribution in [2.24, 2.45) is 0 Å². The van der Waals surface area contributed by atoms with E-state index in [0.29, 0.717) is 18.3 Å². The van der Waals surface area contributed by atoms with Gasteiger partial charge in [-0.2, -0.15) is 0 Å². The summed E-state index contributed by atoms with van der Waals surface area (Å²) in [6.07, 6.45) is 0. The maximum absolute atomic E-state index is 12.6. The third kappa shape index (κ3) is 4.42. The highest BCUT2D eigenvalue weighted by Crippen LogP contribution is 2.36. The van der Waals surface area contributed by atoms with Gasteiger partial charge < -0.3 is 9.32 Å². The fourth-order valence-electron chi connectivity index (χ4n) is 2.92. The number of nitrogens with zero attached hydrogens (tertiary/aromatic N) is 2. The van der Waals surface area contributed by atoms with E-state index in [1.165, 1.54) is 11.8 Å². The van der Waals surface area contributed by atoms with Crippen molar-refractivity contribution in [3.8, 4) is 22.6 Å². The molecule has 0 aliphatic heterocycles. The van der Waals surface area contributed by atoms with Gasteiger partial charge in [0.15, 0.2) is 5.76 Å². The van der Waals surface area contributed by atoms with E-state index in [9.17, 15) is 4.79 Å². The Labute approximate surface area is 164 Å². The minimum Gasteiger partial charge on any atom is -0.431 e. The quantitative estimate of drug-likeness (QED) is 0.518. The predicted molar refractivity (Wildman–Crippen MR) is 111 cm³/mol. The Kier molecular flexibility index (Phi) is 6.35. The average molecular weight is 381 g/mol. The SMILES string of the molecule is CCN(CC)C(=O)C(C)Sc1nc(-c2ccccc2)c(-c2ccccc2)o1. The maximum Gasteiger partial charge on any atom is 0.257 e. The van der Waals surface area contributed by atoms with Crippen molar-refractivity contribution in [3.63, 3.8) is 0 Å². The van der Waals surface area contributed by atoms with E-state index < -0.39 is 0 Å².